The molecule has 1 aromatic carbocycles. The van der Waals surface area contributed by atoms with Crippen LogP contribution in [0.1, 0.15) is 36.6 Å². The van der Waals surface area contributed by atoms with E-state index in [4.69, 9.17) is 5.73 Å². The van der Waals surface area contributed by atoms with Gasteiger partial charge in [-0.3, -0.25) is 4.79 Å². The lowest BCUT2D eigenvalue weighted by molar-refractivity contribution is -0.116. The molecule has 0 spiro atoms. The highest BCUT2D eigenvalue weighted by molar-refractivity contribution is 7.13. The van der Waals surface area contributed by atoms with Crippen molar-refractivity contribution in [2.75, 3.05) is 22.5 Å². The molecular formula is C16H18N4OS. The van der Waals surface area contributed by atoms with Gasteiger partial charge in [-0.05, 0) is 43.0 Å². The van der Waals surface area contributed by atoms with Gasteiger partial charge in [-0.25, -0.2) is 4.98 Å². The first-order valence-corrected chi connectivity index (χ1v) is 8.49. The van der Waals surface area contributed by atoms with Gasteiger partial charge in [-0.15, -0.1) is 11.3 Å². The maximum absolute atomic E-state index is 11.5. The molecule has 1 fully saturated rings. The number of amides is 1. The minimum atomic E-state index is 0.109. The van der Waals surface area contributed by atoms with E-state index in [2.05, 4.69) is 32.7 Å². The third-order valence-corrected chi connectivity index (χ3v) is 5.14. The first kappa shape index (κ1) is 13.6. The average molecular weight is 314 g/mol. The molecule has 3 heterocycles. The van der Waals surface area contributed by atoms with Gasteiger partial charge >= 0.3 is 0 Å². The second-order valence-electron chi connectivity index (χ2n) is 5.85. The van der Waals surface area contributed by atoms with E-state index < -0.39 is 0 Å². The number of nitrogen functional groups attached to an aromatic ring is 1. The summed E-state index contributed by atoms with van der Waals surface area (Å²) in [6.45, 7) is 1.03. The van der Waals surface area contributed by atoms with E-state index in [1.54, 1.807) is 0 Å². The predicted octanol–water partition coefficient (Wildman–Crippen LogP) is 2.95. The van der Waals surface area contributed by atoms with E-state index in [1.807, 2.05) is 6.07 Å². The summed E-state index contributed by atoms with van der Waals surface area (Å²) >= 11 is 1.50. The molecule has 1 saturated heterocycles. The zero-order valence-corrected chi connectivity index (χ0v) is 13.0. The molecule has 0 bridgehead atoms. The number of nitrogens with zero attached hydrogens (tertiary/aromatic N) is 2. The van der Waals surface area contributed by atoms with Crippen molar-refractivity contribution in [1.82, 2.24) is 4.98 Å². The Morgan fingerprint density at radius 3 is 3.09 bits per heavy atom. The molecule has 4 rings (SSSR count). The van der Waals surface area contributed by atoms with Crippen molar-refractivity contribution < 1.29 is 4.79 Å². The molecule has 2 aromatic rings. The van der Waals surface area contributed by atoms with Crippen LogP contribution in [0, 0.1) is 0 Å². The zero-order chi connectivity index (χ0) is 15.1. The molecule has 0 unspecified atom stereocenters. The molecule has 0 saturated carbocycles. The number of carbonyl (C=O) groups excluding carboxylic acids is 1. The van der Waals surface area contributed by atoms with Crippen molar-refractivity contribution in [3.63, 3.8) is 0 Å². The minimum absolute atomic E-state index is 0.109. The number of hydrogen-bond acceptors (Lipinski definition) is 5. The van der Waals surface area contributed by atoms with E-state index in [0.717, 1.165) is 37.2 Å². The van der Waals surface area contributed by atoms with Gasteiger partial charge in [0.05, 0.1) is 11.7 Å². The number of aromatic nitrogens is 1. The van der Waals surface area contributed by atoms with Crippen LogP contribution in [0.25, 0.3) is 0 Å². The van der Waals surface area contributed by atoms with E-state index in [0.29, 0.717) is 17.6 Å². The van der Waals surface area contributed by atoms with Gasteiger partial charge in [-0.2, -0.15) is 0 Å². The van der Waals surface area contributed by atoms with Crippen molar-refractivity contribution in [3.05, 3.63) is 34.8 Å². The van der Waals surface area contributed by atoms with Crippen molar-refractivity contribution in [3.8, 4) is 0 Å². The number of benzene rings is 1. The van der Waals surface area contributed by atoms with Crippen molar-refractivity contribution in [1.29, 1.82) is 0 Å². The minimum Gasteiger partial charge on any atom is -0.375 e. The summed E-state index contributed by atoms with van der Waals surface area (Å²) in [5.41, 5.74) is 10.2. The van der Waals surface area contributed by atoms with Crippen LogP contribution in [0.2, 0.25) is 0 Å². The first-order chi connectivity index (χ1) is 10.7. The molecule has 114 valence electrons. The zero-order valence-electron chi connectivity index (χ0n) is 12.2. The van der Waals surface area contributed by atoms with Crippen molar-refractivity contribution in [2.24, 2.45) is 0 Å². The SMILES string of the molecule is Nc1nc([C@H]2CCCN2c2ccc3c(c2)CCC(=O)N3)cs1. The molecule has 0 radical (unpaired) electrons. The molecule has 2 aliphatic heterocycles. The van der Waals surface area contributed by atoms with Gasteiger partial charge in [-0.1, -0.05) is 0 Å². The average Bonchev–Trinajstić information content (AvgIpc) is 3.15. The number of nitrogens with one attached hydrogen (secondary N) is 1. The molecule has 1 amide bonds. The van der Waals surface area contributed by atoms with E-state index >= 15 is 0 Å². The molecule has 1 aromatic heterocycles. The summed E-state index contributed by atoms with van der Waals surface area (Å²) in [5, 5.41) is 5.64. The third-order valence-electron chi connectivity index (χ3n) is 4.45. The lowest BCUT2D eigenvalue weighted by atomic mass is 10.0. The Morgan fingerprint density at radius 2 is 2.27 bits per heavy atom. The number of rotatable bonds is 2. The molecule has 2 aliphatic rings. The van der Waals surface area contributed by atoms with Crippen molar-refractivity contribution in [2.45, 2.75) is 31.7 Å². The summed E-state index contributed by atoms with van der Waals surface area (Å²) in [7, 11) is 0. The summed E-state index contributed by atoms with van der Waals surface area (Å²) in [6, 6.07) is 6.64. The Balaban J connectivity index is 1.65. The van der Waals surface area contributed by atoms with E-state index in [1.165, 1.54) is 22.6 Å². The molecule has 3 N–H and O–H groups in total. The fourth-order valence-electron chi connectivity index (χ4n) is 3.39. The molecule has 6 heteroatoms. The maximum atomic E-state index is 11.5. The van der Waals surface area contributed by atoms with Gasteiger partial charge in [0.1, 0.15) is 0 Å². The Hall–Kier alpha value is -2.08. The van der Waals surface area contributed by atoms with Crippen LogP contribution >= 0.6 is 11.3 Å². The highest BCUT2D eigenvalue weighted by atomic mass is 32.1. The molecule has 5 nitrogen and oxygen atoms in total. The first-order valence-electron chi connectivity index (χ1n) is 7.61. The van der Waals surface area contributed by atoms with Crippen LogP contribution in [0.3, 0.4) is 0 Å². The molecule has 22 heavy (non-hydrogen) atoms. The summed E-state index contributed by atoms with van der Waals surface area (Å²) in [6.07, 6.45) is 3.66. The van der Waals surface area contributed by atoms with Crippen LogP contribution in [0.4, 0.5) is 16.5 Å². The highest BCUT2D eigenvalue weighted by Crippen LogP contribution is 2.38. The Labute approximate surface area is 133 Å². The fourth-order valence-corrected chi connectivity index (χ4v) is 3.99. The van der Waals surface area contributed by atoms with Crippen LogP contribution in [0.15, 0.2) is 23.6 Å². The lowest BCUT2D eigenvalue weighted by Crippen LogP contribution is -2.24. The van der Waals surface area contributed by atoms with E-state index in [9.17, 15) is 4.79 Å². The third kappa shape index (κ3) is 2.33. The topological polar surface area (TPSA) is 71.2 Å². The second-order valence-corrected chi connectivity index (χ2v) is 6.74. The Bertz CT molecular complexity index is 727. The maximum Gasteiger partial charge on any atom is 0.224 e. The Kier molecular flexibility index (Phi) is 3.26. The van der Waals surface area contributed by atoms with Gasteiger partial charge in [0.15, 0.2) is 5.13 Å². The number of thiazole rings is 1. The van der Waals surface area contributed by atoms with Crippen molar-refractivity contribution >= 4 is 33.8 Å². The smallest absolute Gasteiger partial charge is 0.224 e. The number of hydrogen-bond donors (Lipinski definition) is 2. The van der Waals surface area contributed by atoms with Crippen LogP contribution in [-0.4, -0.2) is 17.4 Å². The second kappa shape index (κ2) is 5.28. The largest absolute Gasteiger partial charge is 0.375 e. The Morgan fingerprint density at radius 1 is 1.36 bits per heavy atom. The quantitative estimate of drug-likeness (QED) is 0.894. The monoisotopic (exact) mass is 314 g/mol. The van der Waals surface area contributed by atoms with Crippen LogP contribution < -0.4 is 16.0 Å². The van der Waals surface area contributed by atoms with Crippen LogP contribution in [-0.2, 0) is 11.2 Å². The number of fused-ring (bicyclic) bond motifs is 1. The fraction of sp³-hybridized carbons (Fsp3) is 0.375. The van der Waals surface area contributed by atoms with Gasteiger partial charge < -0.3 is 16.0 Å². The summed E-state index contributed by atoms with van der Waals surface area (Å²) in [4.78, 5) is 18.3. The normalized spacial score (nSPS) is 20.8. The standard InChI is InChI=1S/C16H18N4OS/c17-16-19-13(9-22-16)14-2-1-7-20(14)11-4-5-12-10(8-11)3-6-15(21)18-12/h4-5,8-9,14H,1-3,6-7H2,(H2,17,19)(H,18,21)/t14-/m1/s1. The highest BCUT2D eigenvalue weighted by Gasteiger charge is 2.29. The molecular weight excluding hydrogens is 296 g/mol. The van der Waals surface area contributed by atoms with Crippen LogP contribution in [0.5, 0.6) is 0 Å². The predicted molar refractivity (Wildman–Crippen MR) is 89.2 cm³/mol. The molecule has 1 atom stereocenters. The van der Waals surface area contributed by atoms with Gasteiger partial charge in [0.2, 0.25) is 5.91 Å². The summed E-state index contributed by atoms with van der Waals surface area (Å²) in [5.74, 6) is 0.109. The van der Waals surface area contributed by atoms with E-state index in [-0.39, 0.29) is 5.91 Å². The number of anilines is 3. The van der Waals surface area contributed by atoms with Gasteiger partial charge in [0.25, 0.3) is 0 Å². The summed E-state index contributed by atoms with van der Waals surface area (Å²) < 4.78 is 0. The molecule has 0 aliphatic carbocycles. The van der Waals surface area contributed by atoms with Gasteiger partial charge in [0, 0.05) is 29.7 Å². The number of aryl methyl sites for hydroxylation is 1. The number of nitrogens with two attached hydrogens (primary N) is 1. The lowest BCUT2D eigenvalue weighted by Gasteiger charge is -2.27. The number of carbonyl (C=O) groups is 1.